The van der Waals surface area contributed by atoms with Gasteiger partial charge in [0.1, 0.15) is 11.6 Å². The summed E-state index contributed by atoms with van der Waals surface area (Å²) < 4.78 is 13.0. The normalized spacial score (nSPS) is 11.1. The molecule has 80 valence electrons. The maximum absolute atomic E-state index is 13.0. The lowest BCUT2D eigenvalue weighted by atomic mass is 10.3. The molecular formula is C12H9FN2S. The van der Waals surface area contributed by atoms with Gasteiger partial charge in [-0.25, -0.2) is 9.37 Å². The van der Waals surface area contributed by atoms with Crippen LogP contribution in [0.15, 0.2) is 29.6 Å². The molecule has 1 N–H and O–H groups in total. The van der Waals surface area contributed by atoms with Crippen LogP contribution in [0.5, 0.6) is 0 Å². The molecule has 1 aromatic carbocycles. The van der Waals surface area contributed by atoms with Gasteiger partial charge in [-0.05, 0) is 42.1 Å². The van der Waals surface area contributed by atoms with Crippen molar-refractivity contribution in [3.05, 3.63) is 41.0 Å². The first-order valence-electron chi connectivity index (χ1n) is 4.94. The molecule has 0 amide bonds. The molecule has 0 atom stereocenters. The lowest BCUT2D eigenvalue weighted by Crippen LogP contribution is -1.77. The number of halogens is 1. The summed E-state index contributed by atoms with van der Waals surface area (Å²) in [6, 6.07) is 6.63. The molecule has 0 bridgehead atoms. The minimum atomic E-state index is -0.245. The summed E-state index contributed by atoms with van der Waals surface area (Å²) >= 11 is 1.63. The number of fused-ring (bicyclic) bond motifs is 1. The number of aryl methyl sites for hydroxylation is 1. The highest BCUT2D eigenvalue weighted by Gasteiger charge is 2.09. The molecular weight excluding hydrogens is 223 g/mol. The number of nitrogens with zero attached hydrogens (tertiary/aromatic N) is 1. The van der Waals surface area contributed by atoms with Crippen molar-refractivity contribution in [1.29, 1.82) is 0 Å². The standard InChI is InChI=1S/C12H9FN2S/c1-7-4-5-16-11(7)12-14-9-3-2-8(13)6-10(9)15-12/h2-6H,1H3,(H,14,15). The Hall–Kier alpha value is -1.68. The van der Waals surface area contributed by atoms with Crippen molar-refractivity contribution >= 4 is 22.4 Å². The van der Waals surface area contributed by atoms with E-state index in [4.69, 9.17) is 0 Å². The first-order chi connectivity index (χ1) is 7.74. The highest BCUT2D eigenvalue weighted by atomic mass is 32.1. The van der Waals surface area contributed by atoms with Gasteiger partial charge in [0, 0.05) is 0 Å². The predicted octanol–water partition coefficient (Wildman–Crippen LogP) is 3.74. The van der Waals surface area contributed by atoms with Crippen molar-refractivity contribution in [1.82, 2.24) is 9.97 Å². The van der Waals surface area contributed by atoms with Gasteiger partial charge in [0.15, 0.2) is 0 Å². The summed E-state index contributed by atoms with van der Waals surface area (Å²) in [5.74, 6) is 0.568. The minimum absolute atomic E-state index is 0.245. The number of benzene rings is 1. The second-order valence-corrected chi connectivity index (χ2v) is 4.60. The lowest BCUT2D eigenvalue weighted by molar-refractivity contribution is 0.629. The van der Waals surface area contributed by atoms with Crippen LogP contribution < -0.4 is 0 Å². The molecule has 2 heterocycles. The van der Waals surface area contributed by atoms with Gasteiger partial charge in [-0.1, -0.05) is 0 Å². The van der Waals surface area contributed by atoms with Crippen molar-refractivity contribution < 1.29 is 4.39 Å². The van der Waals surface area contributed by atoms with E-state index >= 15 is 0 Å². The molecule has 0 spiro atoms. The number of rotatable bonds is 1. The molecule has 0 fully saturated rings. The number of aromatic amines is 1. The van der Waals surface area contributed by atoms with Crippen LogP contribution in [0.3, 0.4) is 0 Å². The van der Waals surface area contributed by atoms with Crippen molar-refractivity contribution in [3.63, 3.8) is 0 Å². The van der Waals surface area contributed by atoms with Crippen LogP contribution in [0, 0.1) is 12.7 Å². The van der Waals surface area contributed by atoms with E-state index in [1.54, 1.807) is 17.4 Å². The van der Waals surface area contributed by atoms with Gasteiger partial charge in [0.25, 0.3) is 0 Å². The Kier molecular flexibility index (Phi) is 2.04. The van der Waals surface area contributed by atoms with E-state index in [9.17, 15) is 4.39 Å². The Morgan fingerprint density at radius 2 is 2.19 bits per heavy atom. The first kappa shape index (κ1) is 9.54. The van der Waals surface area contributed by atoms with Crippen LogP contribution in [-0.4, -0.2) is 9.97 Å². The van der Waals surface area contributed by atoms with Gasteiger partial charge >= 0.3 is 0 Å². The third kappa shape index (κ3) is 1.42. The van der Waals surface area contributed by atoms with Gasteiger partial charge in [0.05, 0.1) is 15.9 Å². The molecule has 0 saturated carbocycles. The average molecular weight is 232 g/mol. The number of aromatic nitrogens is 2. The molecule has 2 nitrogen and oxygen atoms in total. The monoisotopic (exact) mass is 232 g/mol. The van der Waals surface area contributed by atoms with Crippen molar-refractivity contribution in [3.8, 4) is 10.7 Å². The Bertz CT molecular complexity index is 654. The van der Waals surface area contributed by atoms with Gasteiger partial charge in [-0.3, -0.25) is 0 Å². The summed E-state index contributed by atoms with van der Waals surface area (Å²) in [7, 11) is 0. The molecule has 4 heteroatoms. The van der Waals surface area contributed by atoms with E-state index in [0.29, 0.717) is 0 Å². The van der Waals surface area contributed by atoms with E-state index < -0.39 is 0 Å². The van der Waals surface area contributed by atoms with Gasteiger partial charge in [-0.15, -0.1) is 11.3 Å². The van der Waals surface area contributed by atoms with Gasteiger partial charge in [-0.2, -0.15) is 0 Å². The van der Waals surface area contributed by atoms with E-state index in [-0.39, 0.29) is 5.82 Å². The summed E-state index contributed by atoms with van der Waals surface area (Å²) in [5.41, 5.74) is 2.72. The SMILES string of the molecule is Cc1ccsc1-c1nc2ccc(F)cc2[nH]1. The quantitative estimate of drug-likeness (QED) is 0.680. The van der Waals surface area contributed by atoms with Crippen LogP contribution in [0.25, 0.3) is 21.7 Å². The highest BCUT2D eigenvalue weighted by Crippen LogP contribution is 2.28. The third-order valence-electron chi connectivity index (χ3n) is 2.52. The van der Waals surface area contributed by atoms with Crippen LogP contribution in [0.2, 0.25) is 0 Å². The maximum atomic E-state index is 13.0. The molecule has 0 aliphatic heterocycles. The molecule has 3 aromatic rings. The number of H-pyrrole nitrogens is 1. The number of thiophene rings is 1. The fraction of sp³-hybridized carbons (Fsp3) is 0.0833. The fourth-order valence-electron chi connectivity index (χ4n) is 1.70. The van der Waals surface area contributed by atoms with Crippen molar-refractivity contribution in [2.45, 2.75) is 6.92 Å². The Labute approximate surface area is 95.8 Å². The molecule has 16 heavy (non-hydrogen) atoms. The zero-order chi connectivity index (χ0) is 11.1. The largest absolute Gasteiger partial charge is 0.337 e. The molecule has 0 saturated heterocycles. The van der Waals surface area contributed by atoms with E-state index in [1.165, 1.54) is 17.7 Å². The minimum Gasteiger partial charge on any atom is -0.337 e. The number of nitrogens with one attached hydrogen (secondary N) is 1. The molecule has 0 unspecified atom stereocenters. The molecule has 0 aliphatic rings. The second-order valence-electron chi connectivity index (χ2n) is 3.68. The zero-order valence-electron chi connectivity index (χ0n) is 8.62. The Morgan fingerprint density at radius 1 is 1.31 bits per heavy atom. The maximum Gasteiger partial charge on any atom is 0.148 e. The zero-order valence-corrected chi connectivity index (χ0v) is 9.44. The third-order valence-corrected chi connectivity index (χ3v) is 3.54. The summed E-state index contributed by atoms with van der Waals surface area (Å²) in [5, 5.41) is 2.03. The second kappa shape index (κ2) is 3.42. The number of imidazole rings is 1. The van der Waals surface area contributed by atoms with Crippen molar-refractivity contribution in [2.75, 3.05) is 0 Å². The van der Waals surface area contributed by atoms with Crippen molar-refractivity contribution in [2.24, 2.45) is 0 Å². The molecule has 0 aliphatic carbocycles. The number of hydrogen-bond donors (Lipinski definition) is 1. The average Bonchev–Trinajstić information content (AvgIpc) is 2.82. The lowest BCUT2D eigenvalue weighted by Gasteiger charge is -1.91. The smallest absolute Gasteiger partial charge is 0.148 e. The van der Waals surface area contributed by atoms with E-state index in [2.05, 4.69) is 9.97 Å². The summed E-state index contributed by atoms with van der Waals surface area (Å²) in [6.45, 7) is 2.04. The highest BCUT2D eigenvalue weighted by molar-refractivity contribution is 7.13. The number of hydrogen-bond acceptors (Lipinski definition) is 2. The Balaban J connectivity index is 2.23. The molecule has 3 rings (SSSR count). The molecule has 0 radical (unpaired) electrons. The van der Waals surface area contributed by atoms with E-state index in [1.807, 2.05) is 18.4 Å². The molecule has 2 aromatic heterocycles. The summed E-state index contributed by atoms with van der Waals surface area (Å²) in [6.07, 6.45) is 0. The summed E-state index contributed by atoms with van der Waals surface area (Å²) in [4.78, 5) is 8.69. The van der Waals surface area contributed by atoms with Gasteiger partial charge < -0.3 is 4.98 Å². The topological polar surface area (TPSA) is 28.7 Å². The van der Waals surface area contributed by atoms with E-state index in [0.717, 1.165) is 21.7 Å². The van der Waals surface area contributed by atoms with Gasteiger partial charge in [0.2, 0.25) is 0 Å². The Morgan fingerprint density at radius 3 is 2.94 bits per heavy atom. The van der Waals surface area contributed by atoms with Crippen LogP contribution in [-0.2, 0) is 0 Å². The van der Waals surface area contributed by atoms with Crippen LogP contribution >= 0.6 is 11.3 Å². The predicted molar refractivity (Wildman–Crippen MR) is 64.1 cm³/mol. The van der Waals surface area contributed by atoms with Crippen LogP contribution in [0.4, 0.5) is 4.39 Å². The van der Waals surface area contributed by atoms with Crippen LogP contribution in [0.1, 0.15) is 5.56 Å². The first-order valence-corrected chi connectivity index (χ1v) is 5.82. The fourth-order valence-corrected chi connectivity index (χ4v) is 2.58.